The molecule has 0 unspecified atom stereocenters. The molecule has 0 saturated carbocycles. The number of hydrogen-bond donors (Lipinski definition) is 2. The molecule has 30 heavy (non-hydrogen) atoms. The van der Waals surface area contributed by atoms with Crippen LogP contribution in [0.15, 0.2) is 58.9 Å². The second-order valence-electron chi connectivity index (χ2n) is 5.98. The molecule has 0 fully saturated rings. The molecule has 0 spiro atoms. The van der Waals surface area contributed by atoms with Crippen LogP contribution in [-0.2, 0) is 11.2 Å². The molecule has 9 nitrogen and oxygen atoms in total. The van der Waals surface area contributed by atoms with Gasteiger partial charge in [-0.05, 0) is 18.1 Å². The summed E-state index contributed by atoms with van der Waals surface area (Å²) in [5.41, 5.74) is 0.791. The van der Waals surface area contributed by atoms with E-state index in [9.17, 15) is 19.7 Å². The van der Waals surface area contributed by atoms with Gasteiger partial charge in [-0.15, -0.1) is 10.2 Å². The molecule has 3 aromatic rings. The van der Waals surface area contributed by atoms with Gasteiger partial charge >= 0.3 is 0 Å². The standard InChI is InChI=1S/C19H17N5O4S2/c25-16(20-11-10-13-6-2-1-3-7-13)12-29-19-23-22-18(30-19)21-17(26)14-8-4-5-9-15(14)24(27)28/h1-9H,10-12H2,(H,20,25)(H,21,22,26). The van der Waals surface area contributed by atoms with E-state index in [2.05, 4.69) is 20.8 Å². The van der Waals surface area contributed by atoms with Gasteiger partial charge in [0.05, 0.1) is 10.7 Å². The SMILES string of the molecule is O=C(CSc1nnc(NC(=O)c2ccccc2[N+](=O)[O-])s1)NCCc1ccccc1. The van der Waals surface area contributed by atoms with E-state index < -0.39 is 10.8 Å². The number of aromatic nitrogens is 2. The van der Waals surface area contributed by atoms with Crippen molar-refractivity contribution in [3.05, 3.63) is 75.8 Å². The number of nitrogens with zero attached hydrogens (tertiary/aromatic N) is 3. The molecule has 0 atom stereocenters. The molecule has 0 saturated heterocycles. The van der Waals surface area contributed by atoms with Crippen LogP contribution in [0, 0.1) is 10.1 Å². The van der Waals surface area contributed by atoms with Gasteiger partial charge in [-0.25, -0.2) is 0 Å². The van der Waals surface area contributed by atoms with Gasteiger partial charge in [-0.2, -0.15) is 0 Å². The molecule has 2 aromatic carbocycles. The van der Waals surface area contributed by atoms with Gasteiger partial charge in [-0.1, -0.05) is 65.6 Å². The Labute approximate surface area is 180 Å². The summed E-state index contributed by atoms with van der Waals surface area (Å²) in [7, 11) is 0. The van der Waals surface area contributed by atoms with Crippen molar-refractivity contribution in [2.75, 3.05) is 17.6 Å². The molecule has 1 aromatic heterocycles. The Kier molecular flexibility index (Phi) is 7.46. The average molecular weight is 444 g/mol. The summed E-state index contributed by atoms with van der Waals surface area (Å²) in [5, 5.41) is 24.4. The number of nitrogens with one attached hydrogen (secondary N) is 2. The van der Waals surface area contributed by atoms with Gasteiger partial charge in [0.1, 0.15) is 5.56 Å². The van der Waals surface area contributed by atoms with Gasteiger partial charge in [0.25, 0.3) is 11.6 Å². The Morgan fingerprint density at radius 2 is 1.80 bits per heavy atom. The Morgan fingerprint density at radius 3 is 2.57 bits per heavy atom. The zero-order chi connectivity index (χ0) is 21.3. The van der Waals surface area contributed by atoms with E-state index in [0.717, 1.165) is 23.3 Å². The molecular formula is C19H17N5O4S2. The third-order valence-corrected chi connectivity index (χ3v) is 5.85. The third kappa shape index (κ3) is 6.09. The molecular weight excluding hydrogens is 426 g/mol. The number of amides is 2. The molecule has 0 radical (unpaired) electrons. The molecule has 11 heteroatoms. The zero-order valence-corrected chi connectivity index (χ0v) is 17.2. The molecule has 3 rings (SSSR count). The van der Waals surface area contributed by atoms with Gasteiger partial charge in [0, 0.05) is 12.6 Å². The number of benzene rings is 2. The normalized spacial score (nSPS) is 10.4. The monoisotopic (exact) mass is 443 g/mol. The molecule has 0 aliphatic carbocycles. The Balaban J connectivity index is 1.46. The lowest BCUT2D eigenvalue weighted by atomic mass is 10.1. The number of thioether (sulfide) groups is 1. The fraction of sp³-hybridized carbons (Fsp3) is 0.158. The van der Waals surface area contributed by atoms with Crippen LogP contribution in [0.2, 0.25) is 0 Å². The van der Waals surface area contributed by atoms with Crippen LogP contribution in [0.3, 0.4) is 0 Å². The fourth-order valence-corrected chi connectivity index (χ4v) is 4.05. The highest BCUT2D eigenvalue weighted by Crippen LogP contribution is 2.26. The first kappa shape index (κ1) is 21.4. The van der Waals surface area contributed by atoms with Crippen molar-refractivity contribution < 1.29 is 14.5 Å². The number of carbonyl (C=O) groups excluding carboxylic acids is 2. The summed E-state index contributed by atoms with van der Waals surface area (Å²) in [5.74, 6) is -0.605. The molecule has 0 aliphatic rings. The first-order valence-corrected chi connectivity index (χ1v) is 10.6. The molecule has 154 valence electrons. The van der Waals surface area contributed by atoms with Crippen LogP contribution >= 0.6 is 23.1 Å². The number of rotatable bonds is 9. The van der Waals surface area contributed by atoms with Crippen LogP contribution < -0.4 is 10.6 Å². The minimum atomic E-state index is -0.645. The van der Waals surface area contributed by atoms with Gasteiger partial charge in [-0.3, -0.25) is 25.0 Å². The number of anilines is 1. The fourth-order valence-electron chi connectivity index (χ4n) is 2.48. The van der Waals surface area contributed by atoms with Gasteiger partial charge in [0.2, 0.25) is 11.0 Å². The lowest BCUT2D eigenvalue weighted by molar-refractivity contribution is -0.385. The van der Waals surface area contributed by atoms with Gasteiger partial charge in [0.15, 0.2) is 4.34 Å². The quantitative estimate of drug-likeness (QED) is 0.225. The zero-order valence-electron chi connectivity index (χ0n) is 15.6. The van der Waals surface area contributed by atoms with E-state index >= 15 is 0 Å². The topological polar surface area (TPSA) is 127 Å². The summed E-state index contributed by atoms with van der Waals surface area (Å²) in [6.45, 7) is 0.538. The lowest BCUT2D eigenvalue weighted by Crippen LogP contribution is -2.27. The maximum Gasteiger partial charge on any atom is 0.282 e. The number of nitro benzene ring substituents is 1. The first-order valence-electron chi connectivity index (χ1n) is 8.84. The third-order valence-electron chi connectivity index (χ3n) is 3.88. The molecule has 0 aliphatic heterocycles. The summed E-state index contributed by atoms with van der Waals surface area (Å²) in [4.78, 5) is 34.7. The van der Waals surface area contributed by atoms with E-state index in [1.165, 1.54) is 30.0 Å². The maximum atomic E-state index is 12.3. The second-order valence-corrected chi connectivity index (χ2v) is 8.18. The van der Waals surface area contributed by atoms with Crippen molar-refractivity contribution in [1.29, 1.82) is 0 Å². The van der Waals surface area contributed by atoms with Crippen LogP contribution in [0.4, 0.5) is 10.8 Å². The molecule has 0 bridgehead atoms. The van der Waals surface area contributed by atoms with Crippen molar-refractivity contribution in [3.8, 4) is 0 Å². The predicted molar refractivity (Wildman–Crippen MR) is 115 cm³/mol. The Bertz CT molecular complexity index is 1040. The predicted octanol–water partition coefficient (Wildman–Crippen LogP) is 3.15. The largest absolute Gasteiger partial charge is 0.355 e. The minimum Gasteiger partial charge on any atom is -0.355 e. The van der Waals surface area contributed by atoms with E-state index in [4.69, 9.17) is 0 Å². The van der Waals surface area contributed by atoms with E-state index in [-0.39, 0.29) is 28.0 Å². The maximum absolute atomic E-state index is 12.3. The van der Waals surface area contributed by atoms with E-state index in [1.54, 1.807) is 6.07 Å². The van der Waals surface area contributed by atoms with E-state index in [1.807, 2.05) is 30.3 Å². The minimum absolute atomic E-state index is 0.0651. The Morgan fingerprint density at radius 1 is 1.07 bits per heavy atom. The smallest absolute Gasteiger partial charge is 0.282 e. The highest BCUT2D eigenvalue weighted by molar-refractivity contribution is 8.01. The van der Waals surface area contributed by atoms with E-state index in [0.29, 0.717) is 10.9 Å². The van der Waals surface area contributed by atoms with Crippen molar-refractivity contribution in [2.24, 2.45) is 0 Å². The molecule has 2 N–H and O–H groups in total. The molecule has 2 amide bonds. The first-order chi connectivity index (χ1) is 14.5. The number of carbonyl (C=O) groups is 2. The second kappa shape index (κ2) is 10.5. The average Bonchev–Trinajstić information content (AvgIpc) is 3.20. The van der Waals surface area contributed by atoms with Crippen molar-refractivity contribution >= 4 is 45.7 Å². The highest BCUT2D eigenvalue weighted by atomic mass is 32.2. The van der Waals surface area contributed by atoms with Crippen LogP contribution in [0.5, 0.6) is 0 Å². The van der Waals surface area contributed by atoms with Crippen molar-refractivity contribution in [2.45, 2.75) is 10.8 Å². The molecule has 1 heterocycles. The summed E-state index contributed by atoms with van der Waals surface area (Å²) < 4.78 is 0.506. The number of para-hydroxylation sites is 1. The van der Waals surface area contributed by atoms with Crippen LogP contribution in [-0.4, -0.2) is 39.2 Å². The summed E-state index contributed by atoms with van der Waals surface area (Å²) in [6.07, 6.45) is 0.748. The summed E-state index contributed by atoms with van der Waals surface area (Å²) >= 11 is 2.29. The van der Waals surface area contributed by atoms with Crippen LogP contribution in [0.25, 0.3) is 0 Å². The number of hydrogen-bond acceptors (Lipinski definition) is 8. The van der Waals surface area contributed by atoms with Gasteiger partial charge < -0.3 is 5.32 Å². The van der Waals surface area contributed by atoms with Crippen molar-refractivity contribution in [3.63, 3.8) is 0 Å². The van der Waals surface area contributed by atoms with Crippen LogP contribution in [0.1, 0.15) is 15.9 Å². The number of nitro groups is 1. The highest BCUT2D eigenvalue weighted by Gasteiger charge is 2.20. The Hall–Kier alpha value is -3.31. The lowest BCUT2D eigenvalue weighted by Gasteiger charge is -2.04. The van der Waals surface area contributed by atoms with Crippen molar-refractivity contribution in [1.82, 2.24) is 15.5 Å². The summed E-state index contributed by atoms with van der Waals surface area (Å²) in [6, 6.07) is 15.5.